The third-order valence-electron chi connectivity index (χ3n) is 5.68. The fraction of sp³-hybridized carbons (Fsp3) is 0.579. The highest BCUT2D eigenvalue weighted by atomic mass is 32.2. The molecule has 3 heterocycles. The molecule has 1 aliphatic carbocycles. The van der Waals surface area contributed by atoms with E-state index >= 15 is 0 Å². The second-order valence-electron chi connectivity index (χ2n) is 7.47. The number of hydrogen-bond donors (Lipinski definition) is 1. The summed E-state index contributed by atoms with van der Waals surface area (Å²) in [5.41, 5.74) is 2.47. The van der Waals surface area contributed by atoms with Crippen LogP contribution in [-0.4, -0.2) is 58.2 Å². The summed E-state index contributed by atoms with van der Waals surface area (Å²) < 4.78 is 35.3. The molecule has 156 valence electrons. The van der Waals surface area contributed by atoms with Crippen LogP contribution in [-0.2, 0) is 14.8 Å². The lowest BCUT2D eigenvalue weighted by molar-refractivity contribution is 0.163. The van der Waals surface area contributed by atoms with E-state index in [0.29, 0.717) is 12.5 Å². The molecule has 3 aromatic rings. The molecule has 1 fully saturated rings. The molecule has 29 heavy (non-hydrogen) atoms. The van der Waals surface area contributed by atoms with E-state index in [1.807, 2.05) is 19.2 Å². The van der Waals surface area contributed by atoms with E-state index in [0.717, 1.165) is 41.9 Å². The lowest BCUT2D eigenvalue weighted by Crippen LogP contribution is -2.11. The van der Waals surface area contributed by atoms with Gasteiger partial charge in [0.1, 0.15) is 5.82 Å². The first kappa shape index (κ1) is 20.0. The van der Waals surface area contributed by atoms with Crippen LogP contribution in [0.15, 0.2) is 22.9 Å². The zero-order valence-corrected chi connectivity index (χ0v) is 17.5. The molecule has 1 aliphatic rings. The summed E-state index contributed by atoms with van der Waals surface area (Å²) in [4.78, 5) is 7.50. The van der Waals surface area contributed by atoms with Gasteiger partial charge in [-0.25, -0.2) is 13.4 Å². The van der Waals surface area contributed by atoms with Crippen LogP contribution < -0.4 is 0 Å². The molecule has 3 atom stereocenters. The van der Waals surface area contributed by atoms with E-state index in [1.165, 1.54) is 0 Å². The van der Waals surface area contributed by atoms with Crippen LogP contribution in [0.5, 0.6) is 0 Å². The number of H-pyrrole nitrogens is 1. The van der Waals surface area contributed by atoms with Gasteiger partial charge >= 0.3 is 0 Å². The number of nitrogens with zero attached hydrogens (tertiary/aromatic N) is 5. The first-order chi connectivity index (χ1) is 14.0. The van der Waals surface area contributed by atoms with Gasteiger partial charge in [-0.15, -0.1) is 10.2 Å². The highest BCUT2D eigenvalue weighted by Crippen LogP contribution is 2.44. The van der Waals surface area contributed by atoms with Gasteiger partial charge < -0.3 is 9.72 Å². The number of nitrogens with one attached hydrogen (secondary N) is 1. The smallest absolute Gasteiger partial charge is 0.255 e. The number of rotatable bonds is 8. The lowest BCUT2D eigenvalue weighted by Gasteiger charge is -2.16. The van der Waals surface area contributed by atoms with E-state index in [2.05, 4.69) is 35.9 Å². The van der Waals surface area contributed by atoms with E-state index in [4.69, 9.17) is 4.74 Å². The Labute approximate surface area is 169 Å². The zero-order valence-electron chi connectivity index (χ0n) is 16.7. The fourth-order valence-electron chi connectivity index (χ4n) is 4.24. The maximum atomic E-state index is 12.1. The average molecular weight is 419 g/mol. The Morgan fingerprint density at radius 3 is 3.00 bits per heavy atom. The van der Waals surface area contributed by atoms with Gasteiger partial charge in [-0.1, -0.05) is 13.3 Å². The maximum absolute atomic E-state index is 12.1. The van der Waals surface area contributed by atoms with Gasteiger partial charge in [0.05, 0.1) is 24.1 Å². The summed E-state index contributed by atoms with van der Waals surface area (Å²) in [6, 6.07) is 1.97. The summed E-state index contributed by atoms with van der Waals surface area (Å²) in [6.07, 6.45) is 7.87. The van der Waals surface area contributed by atoms with Crippen molar-refractivity contribution in [2.45, 2.75) is 39.0 Å². The molecular weight excluding hydrogens is 392 g/mol. The molecule has 0 aromatic carbocycles. The van der Waals surface area contributed by atoms with Crippen molar-refractivity contribution in [2.24, 2.45) is 16.2 Å². The van der Waals surface area contributed by atoms with Crippen LogP contribution in [0.2, 0.25) is 0 Å². The molecule has 0 bridgehead atoms. The Balaban J connectivity index is 1.57. The van der Waals surface area contributed by atoms with Crippen LogP contribution in [0.1, 0.15) is 44.9 Å². The van der Waals surface area contributed by atoms with Crippen molar-refractivity contribution in [2.75, 3.05) is 19.0 Å². The van der Waals surface area contributed by atoms with E-state index in [-0.39, 0.29) is 24.2 Å². The topological polar surface area (TPSA) is 115 Å². The highest BCUT2D eigenvalue weighted by Gasteiger charge is 2.36. The number of ether oxygens (including phenoxy) is 1. The van der Waals surface area contributed by atoms with Crippen molar-refractivity contribution in [3.8, 4) is 0 Å². The minimum Gasteiger partial charge on any atom is -0.381 e. The van der Waals surface area contributed by atoms with Crippen molar-refractivity contribution in [3.05, 3.63) is 24.3 Å². The van der Waals surface area contributed by atoms with Crippen LogP contribution >= 0.6 is 0 Å². The van der Waals surface area contributed by atoms with E-state index < -0.39 is 10.0 Å². The SMILES string of the molecule is CCOCCS(=O)(=O)/N=C/C1C[C@@H](CC)[C@@H](c2nnc3cnc4[nH]ccc4n23)C1. The average Bonchev–Trinajstić information content (AvgIpc) is 3.42. The van der Waals surface area contributed by atoms with Gasteiger partial charge in [-0.3, -0.25) is 4.40 Å². The van der Waals surface area contributed by atoms with Gasteiger partial charge in [0.2, 0.25) is 0 Å². The Bertz CT molecular complexity index is 1120. The van der Waals surface area contributed by atoms with Crippen LogP contribution in [0.3, 0.4) is 0 Å². The number of aromatic nitrogens is 5. The lowest BCUT2D eigenvalue weighted by atomic mass is 9.93. The number of fused-ring (bicyclic) bond motifs is 3. The van der Waals surface area contributed by atoms with E-state index in [1.54, 1.807) is 12.4 Å². The normalized spacial score (nSPS) is 23.0. The molecule has 0 radical (unpaired) electrons. The molecule has 4 rings (SSSR count). The largest absolute Gasteiger partial charge is 0.381 e. The molecule has 0 aliphatic heterocycles. The summed E-state index contributed by atoms with van der Waals surface area (Å²) in [7, 11) is -3.49. The monoisotopic (exact) mass is 418 g/mol. The Kier molecular flexibility index (Phi) is 5.64. The summed E-state index contributed by atoms with van der Waals surface area (Å²) in [6.45, 7) is 4.67. The molecule has 1 unspecified atom stereocenters. The highest BCUT2D eigenvalue weighted by molar-refractivity contribution is 7.90. The Hall–Kier alpha value is -2.33. The fourth-order valence-corrected chi connectivity index (χ4v) is 5.03. The second-order valence-corrected chi connectivity index (χ2v) is 9.25. The maximum Gasteiger partial charge on any atom is 0.255 e. The molecule has 9 nitrogen and oxygen atoms in total. The van der Waals surface area contributed by atoms with Crippen molar-refractivity contribution in [1.29, 1.82) is 0 Å². The van der Waals surface area contributed by atoms with Crippen LogP contribution in [0, 0.1) is 11.8 Å². The Morgan fingerprint density at radius 1 is 1.34 bits per heavy atom. The standard InChI is InChI=1S/C19H26N6O3S/c1-3-14-9-13(11-22-29(26,27)8-7-28-4-2)10-15(14)19-24-23-17-12-21-18-16(25(17)19)5-6-20-18/h5-6,11-15,20H,3-4,7-10H2,1-2H3/b22-11+/t13?,14-,15+/m1/s1. The third-order valence-corrected chi connectivity index (χ3v) is 6.80. The summed E-state index contributed by atoms with van der Waals surface area (Å²) in [5.74, 6) is 1.51. The minimum atomic E-state index is -3.49. The summed E-state index contributed by atoms with van der Waals surface area (Å²) >= 11 is 0. The van der Waals surface area contributed by atoms with Gasteiger partial charge in [0.15, 0.2) is 11.3 Å². The van der Waals surface area contributed by atoms with Crippen molar-refractivity contribution >= 4 is 33.0 Å². The molecule has 1 N–H and O–H groups in total. The molecule has 1 saturated carbocycles. The summed E-state index contributed by atoms with van der Waals surface area (Å²) in [5, 5.41) is 8.79. The molecule has 0 amide bonds. The van der Waals surface area contributed by atoms with Crippen LogP contribution in [0.4, 0.5) is 0 Å². The van der Waals surface area contributed by atoms with Gasteiger partial charge in [0.25, 0.3) is 10.0 Å². The Morgan fingerprint density at radius 2 is 2.21 bits per heavy atom. The van der Waals surface area contributed by atoms with Crippen LogP contribution in [0.25, 0.3) is 16.8 Å². The first-order valence-corrected chi connectivity index (χ1v) is 11.7. The third kappa shape index (κ3) is 4.04. The second kappa shape index (κ2) is 8.19. The molecule has 10 heteroatoms. The molecular formula is C19H26N6O3S. The van der Waals surface area contributed by atoms with Crippen molar-refractivity contribution in [3.63, 3.8) is 0 Å². The number of hydrogen-bond acceptors (Lipinski definition) is 6. The quantitative estimate of drug-likeness (QED) is 0.444. The van der Waals surface area contributed by atoms with Gasteiger partial charge in [0, 0.05) is 24.9 Å². The molecule has 0 saturated heterocycles. The predicted molar refractivity (Wildman–Crippen MR) is 111 cm³/mol. The van der Waals surface area contributed by atoms with Gasteiger partial charge in [-0.2, -0.15) is 4.40 Å². The molecule has 3 aromatic heterocycles. The molecule has 0 spiro atoms. The van der Waals surface area contributed by atoms with E-state index in [9.17, 15) is 8.42 Å². The number of aromatic amines is 1. The van der Waals surface area contributed by atoms with Crippen molar-refractivity contribution < 1.29 is 13.2 Å². The van der Waals surface area contributed by atoms with Crippen molar-refractivity contribution in [1.82, 2.24) is 24.6 Å². The predicted octanol–water partition coefficient (Wildman–Crippen LogP) is 2.56. The zero-order chi connectivity index (χ0) is 20.4. The van der Waals surface area contributed by atoms with Gasteiger partial charge in [-0.05, 0) is 37.7 Å². The first-order valence-electron chi connectivity index (χ1n) is 10.1. The number of sulfonamides is 1. The minimum absolute atomic E-state index is 0.0853.